The van der Waals surface area contributed by atoms with Crippen LogP contribution >= 0.6 is 11.3 Å². The number of thiophene rings is 1. The summed E-state index contributed by atoms with van der Waals surface area (Å²) >= 11 is 1.80. The summed E-state index contributed by atoms with van der Waals surface area (Å²) in [6.45, 7) is 0. The molecule has 5 nitrogen and oxygen atoms in total. The third kappa shape index (κ3) is 4.37. The molecule has 51 heavy (non-hydrogen) atoms. The Morgan fingerprint density at radius 1 is 0.353 bits per heavy atom. The number of rotatable bonds is 4. The summed E-state index contributed by atoms with van der Waals surface area (Å²) < 4.78 is 15.4. The molecule has 0 bridgehead atoms. The summed E-state index contributed by atoms with van der Waals surface area (Å²) in [7, 11) is 0. The molecule has 4 heterocycles. The van der Waals surface area contributed by atoms with Crippen molar-refractivity contribution in [3.63, 3.8) is 0 Å². The van der Waals surface area contributed by atoms with Crippen molar-refractivity contribution in [2.45, 2.75) is 0 Å². The zero-order valence-corrected chi connectivity index (χ0v) is 27.8. The van der Waals surface area contributed by atoms with Crippen molar-refractivity contribution >= 4 is 75.4 Å². The Kier molecular flexibility index (Phi) is 6.05. The Morgan fingerprint density at radius 3 is 1.71 bits per heavy atom. The first-order valence-electron chi connectivity index (χ1n) is 16.9. The van der Waals surface area contributed by atoms with E-state index in [-0.39, 0.29) is 0 Å². The normalized spacial score (nSPS) is 11.9. The summed E-state index contributed by atoms with van der Waals surface area (Å²) in [4.78, 5) is 15.4. The van der Waals surface area contributed by atoms with E-state index in [9.17, 15) is 0 Å². The molecule has 11 rings (SSSR count). The van der Waals surface area contributed by atoms with E-state index in [0.29, 0.717) is 17.5 Å². The minimum absolute atomic E-state index is 0.587. The van der Waals surface area contributed by atoms with Gasteiger partial charge in [0.1, 0.15) is 22.3 Å². The quantitative estimate of drug-likeness (QED) is 0.186. The molecule has 0 saturated heterocycles. The second-order valence-electron chi connectivity index (χ2n) is 12.7. The van der Waals surface area contributed by atoms with Gasteiger partial charge in [0.05, 0.1) is 0 Å². The van der Waals surface area contributed by atoms with Gasteiger partial charge >= 0.3 is 0 Å². The van der Waals surface area contributed by atoms with Crippen LogP contribution in [0.4, 0.5) is 0 Å². The highest BCUT2D eigenvalue weighted by Gasteiger charge is 2.22. The van der Waals surface area contributed by atoms with Crippen LogP contribution in [0.3, 0.4) is 0 Å². The molecule has 0 aliphatic rings. The molecule has 0 atom stereocenters. The third-order valence-electron chi connectivity index (χ3n) is 9.76. The number of fused-ring (bicyclic) bond motifs is 9. The Hall–Kier alpha value is -6.63. The van der Waals surface area contributed by atoms with Gasteiger partial charge in [0.25, 0.3) is 0 Å². The average molecular weight is 672 g/mol. The van der Waals surface area contributed by atoms with E-state index in [1.807, 2.05) is 66.7 Å². The van der Waals surface area contributed by atoms with Gasteiger partial charge in [-0.3, -0.25) is 0 Å². The molecule has 0 aliphatic carbocycles. The maximum atomic E-state index is 6.57. The first kappa shape index (κ1) is 28.2. The Balaban J connectivity index is 1.19. The van der Waals surface area contributed by atoms with Gasteiger partial charge in [-0.2, -0.15) is 0 Å². The van der Waals surface area contributed by atoms with Crippen LogP contribution in [0.5, 0.6) is 0 Å². The topological polar surface area (TPSA) is 65.0 Å². The summed E-state index contributed by atoms with van der Waals surface area (Å²) in [6, 6.07) is 52.0. The van der Waals surface area contributed by atoms with Crippen LogP contribution in [-0.4, -0.2) is 15.0 Å². The number of nitrogens with zero attached hydrogens (tertiary/aromatic N) is 3. The van der Waals surface area contributed by atoms with Crippen LogP contribution in [0.15, 0.2) is 160 Å². The fourth-order valence-electron chi connectivity index (χ4n) is 7.48. The van der Waals surface area contributed by atoms with E-state index >= 15 is 0 Å². The molecule has 0 radical (unpaired) electrons. The standard InChI is InChI=1S/C45H25N3O2S/c1-2-11-26(12-3-1)43-46-44(27-23-24-39-33(25-27)28-13-5-7-22-38(28)51-39)48-45(47-43)32-17-10-21-37-42(32)41-30(16-9-20-36(41)50-37)29-15-8-19-35-40(29)31-14-4-6-18-34(31)49-35/h1-25H. The van der Waals surface area contributed by atoms with Gasteiger partial charge in [-0.15, -0.1) is 11.3 Å². The number of aromatic nitrogens is 3. The van der Waals surface area contributed by atoms with E-state index in [1.165, 1.54) is 20.2 Å². The maximum absolute atomic E-state index is 6.57. The maximum Gasteiger partial charge on any atom is 0.164 e. The number of furan rings is 2. The Labute approximate surface area is 295 Å². The van der Waals surface area contributed by atoms with Crippen molar-refractivity contribution in [3.8, 4) is 45.3 Å². The van der Waals surface area contributed by atoms with Gasteiger partial charge < -0.3 is 8.83 Å². The van der Waals surface area contributed by atoms with Gasteiger partial charge in [0.2, 0.25) is 0 Å². The highest BCUT2D eigenvalue weighted by Crippen LogP contribution is 2.45. The molecular weight excluding hydrogens is 647 g/mol. The predicted octanol–water partition coefficient (Wildman–Crippen LogP) is 12.7. The number of benzene rings is 7. The first-order chi connectivity index (χ1) is 25.3. The second kappa shape index (κ2) is 10.9. The van der Waals surface area contributed by atoms with Crippen LogP contribution in [0, 0.1) is 0 Å². The van der Waals surface area contributed by atoms with E-state index in [1.54, 1.807) is 11.3 Å². The number of para-hydroxylation sites is 1. The molecule has 7 aromatic carbocycles. The summed E-state index contributed by atoms with van der Waals surface area (Å²) in [5, 5.41) is 6.57. The van der Waals surface area contributed by atoms with Crippen LogP contribution < -0.4 is 0 Å². The lowest BCUT2D eigenvalue weighted by Crippen LogP contribution is -2.00. The first-order valence-corrected chi connectivity index (χ1v) is 17.7. The molecule has 0 spiro atoms. The Morgan fingerprint density at radius 2 is 0.902 bits per heavy atom. The van der Waals surface area contributed by atoms with E-state index in [4.69, 9.17) is 23.8 Å². The lowest BCUT2D eigenvalue weighted by Gasteiger charge is -2.10. The smallest absolute Gasteiger partial charge is 0.164 e. The van der Waals surface area contributed by atoms with Crippen LogP contribution in [0.2, 0.25) is 0 Å². The molecule has 0 amide bonds. The van der Waals surface area contributed by atoms with Gasteiger partial charge in [0.15, 0.2) is 17.5 Å². The SMILES string of the molecule is c1ccc(-c2nc(-c3ccc4sc5ccccc5c4c3)nc(-c3cccc4oc5cccc(-c6cccc7oc8ccccc8c67)c5c34)n2)cc1. The molecule has 0 aliphatic heterocycles. The van der Waals surface area contributed by atoms with Crippen molar-refractivity contribution in [1.82, 2.24) is 15.0 Å². The van der Waals surface area contributed by atoms with E-state index in [0.717, 1.165) is 71.7 Å². The highest BCUT2D eigenvalue weighted by atomic mass is 32.1. The largest absolute Gasteiger partial charge is 0.456 e. The van der Waals surface area contributed by atoms with Gasteiger partial charge in [-0.1, -0.05) is 103 Å². The van der Waals surface area contributed by atoms with Crippen LogP contribution in [0.25, 0.3) is 109 Å². The molecule has 4 aromatic heterocycles. The summed E-state index contributed by atoms with van der Waals surface area (Å²) in [5.74, 6) is 1.82. The lowest BCUT2D eigenvalue weighted by molar-refractivity contribution is 0.668. The van der Waals surface area contributed by atoms with Crippen molar-refractivity contribution in [2.24, 2.45) is 0 Å². The zero-order valence-electron chi connectivity index (χ0n) is 27.0. The number of hydrogen-bond donors (Lipinski definition) is 0. The van der Waals surface area contributed by atoms with Crippen LogP contribution in [-0.2, 0) is 0 Å². The van der Waals surface area contributed by atoms with Gasteiger partial charge in [-0.05, 0) is 59.7 Å². The summed E-state index contributed by atoms with van der Waals surface area (Å²) in [5.41, 5.74) is 8.17. The molecule has 238 valence electrons. The average Bonchev–Trinajstić information content (AvgIpc) is 3.89. The predicted molar refractivity (Wildman–Crippen MR) is 209 cm³/mol. The van der Waals surface area contributed by atoms with Crippen LogP contribution in [0.1, 0.15) is 0 Å². The van der Waals surface area contributed by atoms with Crippen molar-refractivity contribution in [2.75, 3.05) is 0 Å². The number of hydrogen-bond acceptors (Lipinski definition) is 6. The minimum atomic E-state index is 0.587. The van der Waals surface area contributed by atoms with Gasteiger partial charge in [0, 0.05) is 58.4 Å². The summed E-state index contributed by atoms with van der Waals surface area (Å²) in [6.07, 6.45) is 0. The highest BCUT2D eigenvalue weighted by molar-refractivity contribution is 7.25. The molecule has 6 heteroatoms. The zero-order chi connectivity index (χ0) is 33.5. The molecule has 0 saturated carbocycles. The molecule has 11 aromatic rings. The molecule has 0 fully saturated rings. The third-order valence-corrected chi connectivity index (χ3v) is 10.9. The fraction of sp³-hybridized carbons (Fsp3) is 0. The fourth-order valence-corrected chi connectivity index (χ4v) is 8.57. The lowest BCUT2D eigenvalue weighted by atomic mass is 9.94. The van der Waals surface area contributed by atoms with Crippen molar-refractivity contribution in [3.05, 3.63) is 152 Å². The molecule has 0 N–H and O–H groups in total. The van der Waals surface area contributed by atoms with Crippen molar-refractivity contribution in [1.29, 1.82) is 0 Å². The van der Waals surface area contributed by atoms with E-state index < -0.39 is 0 Å². The van der Waals surface area contributed by atoms with E-state index in [2.05, 4.69) is 84.9 Å². The second-order valence-corrected chi connectivity index (χ2v) is 13.8. The molecular formula is C45H25N3O2S. The molecule has 0 unspecified atom stereocenters. The minimum Gasteiger partial charge on any atom is -0.456 e. The Bertz CT molecular complexity index is 3160. The monoisotopic (exact) mass is 671 g/mol. The van der Waals surface area contributed by atoms with Crippen molar-refractivity contribution < 1.29 is 8.83 Å². The van der Waals surface area contributed by atoms with Gasteiger partial charge in [-0.25, -0.2) is 15.0 Å².